The van der Waals surface area contributed by atoms with Gasteiger partial charge in [0.25, 0.3) is 0 Å². The molecule has 78 valence electrons. The lowest BCUT2D eigenvalue weighted by Crippen LogP contribution is -2.31. The Morgan fingerprint density at radius 1 is 1.47 bits per heavy atom. The van der Waals surface area contributed by atoms with Crippen molar-refractivity contribution in [3.05, 3.63) is 29.8 Å². The molecule has 2 rings (SSSR count). The molecule has 1 aromatic carbocycles. The van der Waals surface area contributed by atoms with Crippen molar-refractivity contribution in [2.75, 3.05) is 18.5 Å². The Hall–Kier alpha value is -1.57. The predicted octanol–water partition coefficient (Wildman–Crippen LogP) is 0.730. The maximum Gasteiger partial charge on any atom is 0.0996 e. The fourth-order valence-corrected chi connectivity index (χ4v) is 1.57. The Labute approximate surface area is 88.1 Å². The molecule has 0 aromatic heterocycles. The first-order valence-corrected chi connectivity index (χ1v) is 4.82. The van der Waals surface area contributed by atoms with Gasteiger partial charge < -0.3 is 15.2 Å². The Balaban J connectivity index is 2.07. The van der Waals surface area contributed by atoms with Crippen LogP contribution in [0.15, 0.2) is 24.3 Å². The zero-order valence-electron chi connectivity index (χ0n) is 8.18. The smallest absolute Gasteiger partial charge is 0.0996 e. The molecule has 0 radical (unpaired) electrons. The monoisotopic (exact) mass is 204 g/mol. The van der Waals surface area contributed by atoms with Crippen LogP contribution in [0.2, 0.25) is 0 Å². The van der Waals surface area contributed by atoms with E-state index in [0.717, 1.165) is 5.69 Å². The molecular weight excluding hydrogens is 192 g/mol. The number of benzene rings is 1. The van der Waals surface area contributed by atoms with Crippen molar-refractivity contribution in [3.8, 4) is 6.07 Å². The molecule has 1 aliphatic heterocycles. The number of anilines is 1. The minimum absolute atomic E-state index is 0.0843. The zero-order chi connectivity index (χ0) is 10.7. The molecule has 1 fully saturated rings. The maximum atomic E-state index is 9.52. The van der Waals surface area contributed by atoms with E-state index in [2.05, 4.69) is 11.4 Å². The zero-order valence-corrected chi connectivity index (χ0v) is 8.18. The summed E-state index contributed by atoms with van der Waals surface area (Å²) >= 11 is 0. The second kappa shape index (κ2) is 4.30. The molecule has 0 spiro atoms. The second-order valence-electron chi connectivity index (χ2n) is 3.55. The molecule has 0 bridgehead atoms. The fourth-order valence-electron chi connectivity index (χ4n) is 1.57. The van der Waals surface area contributed by atoms with E-state index in [-0.39, 0.29) is 6.04 Å². The summed E-state index contributed by atoms with van der Waals surface area (Å²) in [5.74, 6) is 0. The van der Waals surface area contributed by atoms with Crippen molar-refractivity contribution < 1.29 is 9.84 Å². The summed E-state index contributed by atoms with van der Waals surface area (Å²) in [6, 6.07) is 9.16. The summed E-state index contributed by atoms with van der Waals surface area (Å²) in [5.41, 5.74) is 1.44. The van der Waals surface area contributed by atoms with E-state index < -0.39 is 6.10 Å². The average molecular weight is 204 g/mol. The van der Waals surface area contributed by atoms with Crippen molar-refractivity contribution >= 4 is 5.69 Å². The van der Waals surface area contributed by atoms with E-state index in [4.69, 9.17) is 10.00 Å². The van der Waals surface area contributed by atoms with Crippen LogP contribution in [0.4, 0.5) is 5.69 Å². The van der Waals surface area contributed by atoms with Gasteiger partial charge in [0.2, 0.25) is 0 Å². The highest BCUT2D eigenvalue weighted by atomic mass is 16.5. The molecular formula is C11H12N2O2. The third-order valence-corrected chi connectivity index (χ3v) is 2.39. The Bertz CT molecular complexity index is 386. The van der Waals surface area contributed by atoms with Gasteiger partial charge in [-0.25, -0.2) is 0 Å². The van der Waals surface area contributed by atoms with E-state index in [1.165, 1.54) is 0 Å². The van der Waals surface area contributed by atoms with Gasteiger partial charge in [-0.1, -0.05) is 6.07 Å². The van der Waals surface area contributed by atoms with E-state index >= 15 is 0 Å². The minimum Gasteiger partial charge on any atom is -0.388 e. The maximum absolute atomic E-state index is 9.52. The molecule has 0 aliphatic carbocycles. The number of ether oxygens (including phenoxy) is 1. The molecule has 1 heterocycles. The van der Waals surface area contributed by atoms with Crippen molar-refractivity contribution in [2.24, 2.45) is 0 Å². The molecule has 2 N–H and O–H groups in total. The number of nitrogens with zero attached hydrogens (tertiary/aromatic N) is 1. The Morgan fingerprint density at radius 2 is 2.33 bits per heavy atom. The highest BCUT2D eigenvalue weighted by Crippen LogP contribution is 2.15. The standard InChI is InChI=1S/C11H12N2O2/c12-5-8-2-1-3-9(4-8)13-10-6-15-7-11(10)14/h1-4,10-11,13-14H,6-7H2. The summed E-state index contributed by atoms with van der Waals surface area (Å²) in [6.07, 6.45) is -0.476. The van der Waals surface area contributed by atoms with Crippen LogP contribution in [-0.2, 0) is 4.74 Å². The third kappa shape index (κ3) is 2.27. The first kappa shape index (κ1) is 9.97. The van der Waals surface area contributed by atoms with Gasteiger partial charge in [-0.05, 0) is 18.2 Å². The Kier molecular flexibility index (Phi) is 2.86. The molecule has 15 heavy (non-hydrogen) atoms. The summed E-state index contributed by atoms with van der Waals surface area (Å²) in [4.78, 5) is 0. The highest BCUT2D eigenvalue weighted by Gasteiger charge is 2.25. The van der Waals surface area contributed by atoms with Crippen LogP contribution in [0.5, 0.6) is 0 Å². The predicted molar refractivity (Wildman–Crippen MR) is 55.4 cm³/mol. The van der Waals surface area contributed by atoms with Gasteiger partial charge in [0, 0.05) is 5.69 Å². The number of rotatable bonds is 2. The number of hydrogen-bond acceptors (Lipinski definition) is 4. The number of aliphatic hydroxyl groups excluding tert-OH is 1. The molecule has 2 unspecified atom stereocenters. The summed E-state index contributed by atoms with van der Waals surface area (Å²) in [7, 11) is 0. The minimum atomic E-state index is -0.476. The molecule has 4 nitrogen and oxygen atoms in total. The van der Waals surface area contributed by atoms with Gasteiger partial charge in [-0.2, -0.15) is 5.26 Å². The molecule has 1 saturated heterocycles. The van der Waals surface area contributed by atoms with Crippen LogP contribution in [0.1, 0.15) is 5.56 Å². The lowest BCUT2D eigenvalue weighted by atomic mass is 10.1. The fraction of sp³-hybridized carbons (Fsp3) is 0.364. The largest absolute Gasteiger partial charge is 0.388 e. The van der Waals surface area contributed by atoms with Crippen LogP contribution in [0.3, 0.4) is 0 Å². The molecule has 2 atom stereocenters. The number of nitrogens with one attached hydrogen (secondary N) is 1. The van der Waals surface area contributed by atoms with Crippen LogP contribution in [-0.4, -0.2) is 30.5 Å². The van der Waals surface area contributed by atoms with Gasteiger partial charge in [-0.3, -0.25) is 0 Å². The number of nitriles is 1. The van der Waals surface area contributed by atoms with E-state index in [9.17, 15) is 5.11 Å². The molecule has 1 aromatic rings. The summed E-state index contributed by atoms with van der Waals surface area (Å²) < 4.78 is 5.12. The lowest BCUT2D eigenvalue weighted by Gasteiger charge is -2.15. The van der Waals surface area contributed by atoms with E-state index in [1.807, 2.05) is 12.1 Å². The van der Waals surface area contributed by atoms with Crippen LogP contribution in [0.25, 0.3) is 0 Å². The van der Waals surface area contributed by atoms with Gasteiger partial charge in [0.15, 0.2) is 0 Å². The molecule has 4 heteroatoms. The highest BCUT2D eigenvalue weighted by molar-refractivity contribution is 5.50. The van der Waals surface area contributed by atoms with Gasteiger partial charge in [-0.15, -0.1) is 0 Å². The van der Waals surface area contributed by atoms with Crippen LogP contribution in [0, 0.1) is 11.3 Å². The van der Waals surface area contributed by atoms with E-state index in [0.29, 0.717) is 18.8 Å². The average Bonchev–Trinajstić information content (AvgIpc) is 2.65. The molecule has 0 saturated carbocycles. The van der Waals surface area contributed by atoms with Crippen LogP contribution < -0.4 is 5.32 Å². The van der Waals surface area contributed by atoms with E-state index in [1.54, 1.807) is 12.1 Å². The topological polar surface area (TPSA) is 65.3 Å². The van der Waals surface area contributed by atoms with Crippen LogP contribution >= 0.6 is 0 Å². The van der Waals surface area contributed by atoms with Gasteiger partial charge in [0.1, 0.15) is 0 Å². The van der Waals surface area contributed by atoms with Crippen molar-refractivity contribution in [2.45, 2.75) is 12.1 Å². The molecule has 0 amide bonds. The quantitative estimate of drug-likeness (QED) is 0.745. The summed E-state index contributed by atoms with van der Waals surface area (Å²) in [5, 5.41) is 21.4. The SMILES string of the molecule is N#Cc1cccc(NC2COCC2O)c1. The Morgan fingerprint density at radius 3 is 3.00 bits per heavy atom. The van der Waals surface area contributed by atoms with Crippen molar-refractivity contribution in [1.29, 1.82) is 5.26 Å². The van der Waals surface area contributed by atoms with Gasteiger partial charge in [0.05, 0.1) is 37.0 Å². The van der Waals surface area contributed by atoms with Crippen molar-refractivity contribution in [3.63, 3.8) is 0 Å². The number of aliphatic hydroxyl groups is 1. The normalized spacial score (nSPS) is 24.8. The second-order valence-corrected chi connectivity index (χ2v) is 3.55. The lowest BCUT2D eigenvalue weighted by molar-refractivity contribution is 0.125. The first-order valence-electron chi connectivity index (χ1n) is 4.82. The summed E-state index contributed by atoms with van der Waals surface area (Å²) in [6.45, 7) is 0.869. The number of hydrogen-bond donors (Lipinski definition) is 2. The third-order valence-electron chi connectivity index (χ3n) is 2.39. The van der Waals surface area contributed by atoms with Crippen molar-refractivity contribution in [1.82, 2.24) is 0 Å². The van der Waals surface area contributed by atoms with Gasteiger partial charge >= 0.3 is 0 Å². The first-order chi connectivity index (χ1) is 7.29. The molecule has 1 aliphatic rings.